The van der Waals surface area contributed by atoms with Gasteiger partial charge in [0.25, 0.3) is 5.56 Å². The summed E-state index contributed by atoms with van der Waals surface area (Å²) in [6, 6.07) is 25.1. The molecule has 1 unspecified atom stereocenters. The molecule has 0 aliphatic carbocycles. The van der Waals surface area contributed by atoms with Gasteiger partial charge in [-0.2, -0.15) is 0 Å². The topological polar surface area (TPSA) is 139 Å². The number of hydrogen-bond acceptors (Lipinski definition) is 10. The molecule has 6 rings (SSSR count). The van der Waals surface area contributed by atoms with E-state index in [9.17, 15) is 14.5 Å². The van der Waals surface area contributed by atoms with Crippen molar-refractivity contribution >= 4 is 28.9 Å². The van der Waals surface area contributed by atoms with Gasteiger partial charge in [-0.3, -0.25) is 14.3 Å². The first kappa shape index (κ1) is 36.8. The Hall–Kier alpha value is -4.01. The summed E-state index contributed by atoms with van der Waals surface area (Å²) in [5.41, 5.74) is -2.91. The van der Waals surface area contributed by atoms with Crippen LogP contribution in [0.5, 0.6) is 11.5 Å². The van der Waals surface area contributed by atoms with Crippen LogP contribution in [0.15, 0.2) is 107 Å². The van der Waals surface area contributed by atoms with Crippen molar-refractivity contribution < 1.29 is 28.4 Å². The lowest BCUT2D eigenvalue weighted by atomic mass is 9.80. The van der Waals surface area contributed by atoms with Gasteiger partial charge < -0.3 is 32.9 Å². The molecule has 3 heterocycles. The lowest BCUT2D eigenvalue weighted by Crippen LogP contribution is -2.38. The van der Waals surface area contributed by atoms with Crippen LogP contribution in [-0.2, 0) is 44.2 Å². The molecule has 0 amide bonds. The summed E-state index contributed by atoms with van der Waals surface area (Å²) in [5, 5.41) is 0. The highest BCUT2D eigenvalue weighted by Gasteiger charge is 2.44. The van der Waals surface area contributed by atoms with E-state index in [2.05, 4.69) is 9.97 Å². The zero-order valence-electron chi connectivity index (χ0n) is 28.5. The first-order valence-electron chi connectivity index (χ1n) is 16.1. The predicted molar refractivity (Wildman–Crippen MR) is 199 cm³/mol. The number of nitrogens with zero attached hydrogens (tertiary/aromatic N) is 3. The number of aromatic nitrogens is 4. The van der Waals surface area contributed by atoms with Crippen molar-refractivity contribution in [3.05, 3.63) is 146 Å². The number of hydrogen-bond donors (Lipinski definition) is 2. The fourth-order valence-electron chi connectivity index (χ4n) is 6.09. The van der Waals surface area contributed by atoms with Gasteiger partial charge in [0, 0.05) is 37.6 Å². The molecule has 0 spiro atoms. The van der Waals surface area contributed by atoms with Crippen molar-refractivity contribution in [1.82, 2.24) is 19.1 Å². The van der Waals surface area contributed by atoms with Gasteiger partial charge in [-0.25, -0.2) is 9.78 Å². The van der Waals surface area contributed by atoms with E-state index < -0.39 is 41.0 Å². The molecule has 15 heteroatoms. The number of aromatic amines is 1. The number of benzene rings is 3. The third-order valence-electron chi connectivity index (χ3n) is 8.82. The van der Waals surface area contributed by atoms with E-state index in [-0.39, 0.29) is 13.0 Å². The van der Waals surface area contributed by atoms with Crippen molar-refractivity contribution in [2.75, 3.05) is 20.8 Å². The molecular formula is C36H39N4O8PS2. The maximum Gasteiger partial charge on any atom is 0.330 e. The second-order valence-electron chi connectivity index (χ2n) is 12.0. The lowest BCUT2D eigenvalue weighted by molar-refractivity contribution is -0.0913. The van der Waals surface area contributed by atoms with E-state index in [1.54, 1.807) is 27.3 Å². The molecule has 0 bridgehead atoms. The number of imidazole rings is 1. The Bertz CT molecular complexity index is 2060. The van der Waals surface area contributed by atoms with Crippen LogP contribution in [0, 0.1) is 6.92 Å². The highest BCUT2D eigenvalue weighted by molar-refractivity contribution is 8.67. The lowest BCUT2D eigenvalue weighted by Gasteiger charge is -2.37. The van der Waals surface area contributed by atoms with E-state index >= 15 is 0 Å². The summed E-state index contributed by atoms with van der Waals surface area (Å²) in [5.74, 6) is 2.43. The quantitative estimate of drug-likeness (QED) is 0.111. The van der Waals surface area contributed by atoms with E-state index in [4.69, 9.17) is 35.3 Å². The molecule has 1 fully saturated rings. The van der Waals surface area contributed by atoms with Crippen molar-refractivity contribution in [3.63, 3.8) is 0 Å². The van der Waals surface area contributed by atoms with Crippen LogP contribution >= 0.6 is 17.1 Å². The Balaban J connectivity index is 1.39. The van der Waals surface area contributed by atoms with E-state index in [0.717, 1.165) is 33.9 Å². The monoisotopic (exact) mass is 750 g/mol. The number of aryl methyl sites for hydroxylation is 2. The standard InChI is InChI=1S/C36H39N4O8PS2/c1-24-21-40(35(42)38-34(24)41)33-20-30(48-49(43,50)51-23-32-37-18-19-39(32)2)31(47-33)22-46-36(25-8-6-5-7-9-25,26-10-14-28(44-3)15-11-26)27-12-16-29(45-4)17-13-27/h5-19,21,30-31,33H,20,22-23H2,1-4H3,(H,43,50)(H,38,41,42)/t30-,31+,33+,49?/m0/s1. The third-order valence-corrected chi connectivity index (χ3v) is 12.9. The Kier molecular flexibility index (Phi) is 11.3. The summed E-state index contributed by atoms with van der Waals surface area (Å²) < 4.78 is 34.1. The Morgan fingerprint density at radius 2 is 1.61 bits per heavy atom. The van der Waals surface area contributed by atoms with Gasteiger partial charge in [-0.1, -0.05) is 66.0 Å². The summed E-state index contributed by atoms with van der Waals surface area (Å²) in [7, 11) is 5.09. The Labute approximate surface area is 304 Å². The SMILES string of the molecule is COc1ccc(C(OC[C@H]2O[C@@H](n3cc(C)c(=O)[nH]c3=O)C[C@@H]2OP(O)(=S)SCc2nccn2C)(c2ccccc2)c2ccc(OC)cc2)cc1. The molecule has 4 atom stereocenters. The van der Waals surface area contributed by atoms with E-state index in [1.807, 2.05) is 96.7 Å². The number of H-pyrrole nitrogens is 1. The van der Waals surface area contributed by atoms with Crippen molar-refractivity contribution in [2.45, 2.75) is 43.1 Å². The molecule has 2 N–H and O–H groups in total. The molecule has 1 aliphatic heterocycles. The van der Waals surface area contributed by atoms with Crippen LogP contribution in [0.3, 0.4) is 0 Å². The second-order valence-corrected chi connectivity index (χ2v) is 18.1. The van der Waals surface area contributed by atoms with Crippen molar-refractivity contribution in [1.29, 1.82) is 0 Å². The second kappa shape index (κ2) is 15.7. The molecule has 2 aromatic heterocycles. The zero-order chi connectivity index (χ0) is 36.2. The minimum atomic E-state index is -3.46. The first-order valence-corrected chi connectivity index (χ1v) is 20.4. The first-order chi connectivity index (χ1) is 24.5. The predicted octanol–water partition coefficient (Wildman–Crippen LogP) is 5.43. The van der Waals surface area contributed by atoms with E-state index in [1.165, 1.54) is 10.8 Å². The van der Waals surface area contributed by atoms with Gasteiger partial charge in [0.05, 0.1) is 32.7 Å². The number of nitrogens with one attached hydrogen (secondary N) is 1. The smallest absolute Gasteiger partial charge is 0.330 e. The molecule has 1 saturated heterocycles. The van der Waals surface area contributed by atoms with Gasteiger partial charge in [0.2, 0.25) is 5.69 Å². The molecule has 12 nitrogen and oxygen atoms in total. The summed E-state index contributed by atoms with van der Waals surface area (Å²) in [6.45, 7) is 1.57. The van der Waals surface area contributed by atoms with Gasteiger partial charge >= 0.3 is 5.69 Å². The molecule has 5 aromatic rings. The maximum absolute atomic E-state index is 13.0. The molecule has 268 valence electrons. The number of rotatable bonds is 14. The van der Waals surface area contributed by atoms with Crippen molar-refractivity contribution in [3.8, 4) is 11.5 Å². The van der Waals surface area contributed by atoms with Gasteiger partial charge in [-0.05, 0) is 59.7 Å². The summed E-state index contributed by atoms with van der Waals surface area (Å²) in [6.07, 6.45) is 2.69. The summed E-state index contributed by atoms with van der Waals surface area (Å²) in [4.78, 5) is 43.3. The fraction of sp³-hybridized carbons (Fsp3) is 0.306. The molecular weight excluding hydrogens is 712 g/mol. The molecule has 0 saturated carbocycles. The number of ether oxygens (including phenoxy) is 4. The maximum atomic E-state index is 13.0. The average Bonchev–Trinajstić information content (AvgIpc) is 3.74. The Morgan fingerprint density at radius 1 is 1.00 bits per heavy atom. The normalized spacial score (nSPS) is 18.7. The molecule has 3 aromatic carbocycles. The third kappa shape index (κ3) is 8.07. The largest absolute Gasteiger partial charge is 0.497 e. The van der Waals surface area contributed by atoms with Gasteiger partial charge in [-0.15, -0.1) is 0 Å². The molecule has 0 radical (unpaired) electrons. The average molecular weight is 751 g/mol. The van der Waals surface area contributed by atoms with Crippen molar-refractivity contribution in [2.24, 2.45) is 7.05 Å². The van der Waals surface area contributed by atoms with Gasteiger partial charge in [0.1, 0.15) is 35.3 Å². The highest BCUT2D eigenvalue weighted by Crippen LogP contribution is 2.59. The summed E-state index contributed by atoms with van der Waals surface area (Å²) >= 11 is 6.74. The van der Waals surface area contributed by atoms with Crippen LogP contribution in [0.4, 0.5) is 0 Å². The van der Waals surface area contributed by atoms with Crippen LogP contribution in [0.2, 0.25) is 0 Å². The molecule has 1 aliphatic rings. The fourth-order valence-corrected chi connectivity index (χ4v) is 9.43. The minimum absolute atomic E-state index is 0.0371. The van der Waals surface area contributed by atoms with Crippen LogP contribution in [-0.4, -0.2) is 57.0 Å². The van der Waals surface area contributed by atoms with Crippen LogP contribution < -0.4 is 20.7 Å². The zero-order valence-corrected chi connectivity index (χ0v) is 31.0. The van der Waals surface area contributed by atoms with Crippen LogP contribution in [0.1, 0.15) is 40.7 Å². The Morgan fingerprint density at radius 3 is 2.18 bits per heavy atom. The minimum Gasteiger partial charge on any atom is -0.497 e. The number of methoxy groups -OCH3 is 2. The van der Waals surface area contributed by atoms with Crippen LogP contribution in [0.25, 0.3) is 0 Å². The van der Waals surface area contributed by atoms with E-state index in [0.29, 0.717) is 22.8 Å². The highest BCUT2D eigenvalue weighted by atomic mass is 32.9. The molecule has 51 heavy (non-hydrogen) atoms. The van der Waals surface area contributed by atoms with Gasteiger partial charge in [0.15, 0.2) is 0 Å².